The Morgan fingerprint density at radius 2 is 1.65 bits per heavy atom. The highest BCUT2D eigenvalue weighted by molar-refractivity contribution is 5.45. The number of methoxy groups -OCH3 is 1. The Bertz CT molecular complexity index is 402. The van der Waals surface area contributed by atoms with Gasteiger partial charge in [-0.05, 0) is 62.8 Å². The van der Waals surface area contributed by atoms with Crippen molar-refractivity contribution in [2.45, 2.75) is 51.6 Å². The van der Waals surface area contributed by atoms with Crippen LogP contribution in [0.1, 0.15) is 49.8 Å². The molecule has 0 heterocycles. The molecule has 0 aromatic heterocycles. The molecule has 94 valence electrons. The SMILES string of the molecule is COc1cc2c(cc1C(C)(C)O)CCCCC2. The number of aliphatic hydroxyl groups is 1. The summed E-state index contributed by atoms with van der Waals surface area (Å²) in [6, 6.07) is 4.26. The molecular weight excluding hydrogens is 212 g/mol. The van der Waals surface area contributed by atoms with Crippen LogP contribution in [0.25, 0.3) is 0 Å². The second-order valence-electron chi connectivity index (χ2n) is 5.44. The molecule has 0 amide bonds. The summed E-state index contributed by atoms with van der Waals surface area (Å²) in [7, 11) is 1.67. The Labute approximate surface area is 104 Å². The summed E-state index contributed by atoms with van der Waals surface area (Å²) in [5.41, 5.74) is 2.85. The molecule has 0 spiro atoms. The minimum absolute atomic E-state index is 0.818. The van der Waals surface area contributed by atoms with Gasteiger partial charge in [-0.1, -0.05) is 6.42 Å². The van der Waals surface area contributed by atoms with Gasteiger partial charge in [-0.2, -0.15) is 0 Å². The van der Waals surface area contributed by atoms with E-state index in [0.717, 1.165) is 24.2 Å². The predicted octanol–water partition coefficient (Wildman–Crippen LogP) is 3.19. The monoisotopic (exact) mass is 234 g/mol. The second kappa shape index (κ2) is 4.69. The molecule has 1 aromatic rings. The third-order valence-electron chi connectivity index (χ3n) is 3.57. The lowest BCUT2D eigenvalue weighted by atomic mass is 9.91. The van der Waals surface area contributed by atoms with E-state index in [9.17, 15) is 5.11 Å². The van der Waals surface area contributed by atoms with Crippen LogP contribution in [-0.4, -0.2) is 12.2 Å². The van der Waals surface area contributed by atoms with Crippen LogP contribution in [0, 0.1) is 0 Å². The summed E-state index contributed by atoms with van der Waals surface area (Å²) in [5, 5.41) is 10.2. The molecule has 1 aliphatic carbocycles. The van der Waals surface area contributed by atoms with Crippen molar-refractivity contribution in [1.29, 1.82) is 0 Å². The van der Waals surface area contributed by atoms with Crippen molar-refractivity contribution in [1.82, 2.24) is 0 Å². The minimum atomic E-state index is -0.841. The van der Waals surface area contributed by atoms with E-state index < -0.39 is 5.60 Å². The maximum Gasteiger partial charge on any atom is 0.125 e. The first-order valence-electron chi connectivity index (χ1n) is 6.45. The Morgan fingerprint density at radius 1 is 1.06 bits per heavy atom. The van der Waals surface area contributed by atoms with Crippen molar-refractivity contribution in [2.75, 3.05) is 7.11 Å². The van der Waals surface area contributed by atoms with Crippen LogP contribution >= 0.6 is 0 Å². The summed E-state index contributed by atoms with van der Waals surface area (Å²) < 4.78 is 5.42. The summed E-state index contributed by atoms with van der Waals surface area (Å²) in [6.07, 6.45) is 6.08. The molecule has 2 rings (SSSR count). The maximum atomic E-state index is 10.2. The lowest BCUT2D eigenvalue weighted by Crippen LogP contribution is -2.17. The molecule has 0 bridgehead atoms. The molecular formula is C15H22O2. The number of rotatable bonds is 2. The van der Waals surface area contributed by atoms with Crippen molar-refractivity contribution < 1.29 is 9.84 Å². The van der Waals surface area contributed by atoms with Crippen LogP contribution < -0.4 is 4.74 Å². The molecule has 17 heavy (non-hydrogen) atoms. The summed E-state index contributed by atoms with van der Waals surface area (Å²) in [6.45, 7) is 3.63. The number of ether oxygens (including phenoxy) is 1. The average molecular weight is 234 g/mol. The molecule has 0 aliphatic heterocycles. The van der Waals surface area contributed by atoms with Gasteiger partial charge in [-0.15, -0.1) is 0 Å². The highest BCUT2D eigenvalue weighted by Crippen LogP contribution is 2.34. The Kier molecular flexibility index (Phi) is 3.43. The molecule has 1 aliphatic rings. The zero-order valence-electron chi connectivity index (χ0n) is 11.0. The van der Waals surface area contributed by atoms with E-state index >= 15 is 0 Å². The van der Waals surface area contributed by atoms with Crippen LogP contribution in [0.3, 0.4) is 0 Å². The van der Waals surface area contributed by atoms with E-state index in [-0.39, 0.29) is 0 Å². The Balaban J connectivity index is 2.50. The highest BCUT2D eigenvalue weighted by Gasteiger charge is 2.23. The molecule has 2 heteroatoms. The van der Waals surface area contributed by atoms with Crippen LogP contribution in [0.2, 0.25) is 0 Å². The molecule has 0 saturated heterocycles. The van der Waals surface area contributed by atoms with Crippen molar-refractivity contribution in [3.63, 3.8) is 0 Å². The first-order chi connectivity index (χ1) is 8.02. The zero-order valence-corrected chi connectivity index (χ0v) is 11.0. The van der Waals surface area contributed by atoms with E-state index in [1.165, 1.54) is 30.4 Å². The fraction of sp³-hybridized carbons (Fsp3) is 0.600. The average Bonchev–Trinajstić information content (AvgIpc) is 2.50. The van der Waals surface area contributed by atoms with Gasteiger partial charge in [0.05, 0.1) is 12.7 Å². The van der Waals surface area contributed by atoms with Gasteiger partial charge in [0, 0.05) is 5.56 Å². The molecule has 0 unspecified atom stereocenters. The number of fused-ring (bicyclic) bond motifs is 1. The van der Waals surface area contributed by atoms with Crippen LogP contribution in [0.15, 0.2) is 12.1 Å². The van der Waals surface area contributed by atoms with Crippen molar-refractivity contribution in [3.8, 4) is 5.75 Å². The summed E-state index contributed by atoms with van der Waals surface area (Å²) >= 11 is 0. The summed E-state index contributed by atoms with van der Waals surface area (Å²) in [5.74, 6) is 0.818. The van der Waals surface area contributed by atoms with Gasteiger partial charge in [0.25, 0.3) is 0 Å². The Hall–Kier alpha value is -1.02. The zero-order chi connectivity index (χ0) is 12.5. The molecule has 0 radical (unpaired) electrons. The molecule has 0 saturated carbocycles. The van der Waals surface area contributed by atoms with Crippen molar-refractivity contribution >= 4 is 0 Å². The van der Waals surface area contributed by atoms with Gasteiger partial charge in [0.1, 0.15) is 5.75 Å². The molecule has 0 fully saturated rings. The van der Waals surface area contributed by atoms with Gasteiger partial charge >= 0.3 is 0 Å². The van der Waals surface area contributed by atoms with Crippen LogP contribution in [0.4, 0.5) is 0 Å². The Morgan fingerprint density at radius 3 is 2.18 bits per heavy atom. The number of hydrogen-bond acceptors (Lipinski definition) is 2. The first kappa shape index (κ1) is 12.4. The van der Waals surface area contributed by atoms with Gasteiger partial charge in [-0.25, -0.2) is 0 Å². The highest BCUT2D eigenvalue weighted by atomic mass is 16.5. The van der Waals surface area contributed by atoms with Crippen molar-refractivity contribution in [3.05, 3.63) is 28.8 Å². The van der Waals surface area contributed by atoms with Gasteiger partial charge in [0.15, 0.2) is 0 Å². The van der Waals surface area contributed by atoms with Gasteiger partial charge in [0.2, 0.25) is 0 Å². The lowest BCUT2D eigenvalue weighted by Gasteiger charge is -2.23. The second-order valence-corrected chi connectivity index (χ2v) is 5.44. The van der Waals surface area contributed by atoms with E-state index in [0.29, 0.717) is 0 Å². The first-order valence-corrected chi connectivity index (χ1v) is 6.45. The van der Waals surface area contributed by atoms with E-state index in [1.54, 1.807) is 7.11 Å². The van der Waals surface area contributed by atoms with Crippen LogP contribution in [-0.2, 0) is 18.4 Å². The normalized spacial score (nSPS) is 16.2. The fourth-order valence-corrected chi connectivity index (χ4v) is 2.59. The maximum absolute atomic E-state index is 10.2. The summed E-state index contributed by atoms with van der Waals surface area (Å²) in [4.78, 5) is 0. The lowest BCUT2D eigenvalue weighted by molar-refractivity contribution is 0.0755. The van der Waals surface area contributed by atoms with E-state index in [2.05, 4.69) is 12.1 Å². The van der Waals surface area contributed by atoms with E-state index in [4.69, 9.17) is 4.74 Å². The van der Waals surface area contributed by atoms with Crippen molar-refractivity contribution in [2.24, 2.45) is 0 Å². The quantitative estimate of drug-likeness (QED) is 0.796. The van der Waals surface area contributed by atoms with Gasteiger partial charge in [-0.3, -0.25) is 0 Å². The number of benzene rings is 1. The van der Waals surface area contributed by atoms with Crippen LogP contribution in [0.5, 0.6) is 5.75 Å². The minimum Gasteiger partial charge on any atom is -0.496 e. The molecule has 1 N–H and O–H groups in total. The molecule has 1 aromatic carbocycles. The number of hydrogen-bond donors (Lipinski definition) is 1. The molecule has 0 atom stereocenters. The topological polar surface area (TPSA) is 29.5 Å². The predicted molar refractivity (Wildman–Crippen MR) is 69.5 cm³/mol. The fourth-order valence-electron chi connectivity index (χ4n) is 2.59. The smallest absolute Gasteiger partial charge is 0.125 e. The largest absolute Gasteiger partial charge is 0.496 e. The standard InChI is InChI=1S/C15H22O2/c1-15(2,16)13-9-11-7-5-4-6-8-12(11)10-14(13)17-3/h9-10,16H,4-8H2,1-3H3. The third-order valence-corrected chi connectivity index (χ3v) is 3.57. The van der Waals surface area contributed by atoms with Gasteiger partial charge < -0.3 is 9.84 Å². The molecule has 2 nitrogen and oxygen atoms in total. The third kappa shape index (κ3) is 2.63. The number of aryl methyl sites for hydroxylation is 2. The van der Waals surface area contributed by atoms with E-state index in [1.807, 2.05) is 13.8 Å².